The standard InChI is InChI=1S/C24H19Cl2N3O4/c1-14-4-3-5-17(12-14)24(32)33-19-9-6-16(7-10-19)15(2)28-29-23(31)22(30)27-21-13-18(25)8-11-20(21)26/h3-13H,1-2H3,(H,27,30)(H,29,31)/b28-15+. The van der Waals surface area contributed by atoms with E-state index in [2.05, 4.69) is 15.8 Å². The van der Waals surface area contributed by atoms with Crippen LogP contribution in [0.15, 0.2) is 71.8 Å². The van der Waals surface area contributed by atoms with Gasteiger partial charge in [0.15, 0.2) is 0 Å². The van der Waals surface area contributed by atoms with E-state index in [0.29, 0.717) is 27.6 Å². The molecule has 0 atom stereocenters. The topological polar surface area (TPSA) is 96.9 Å². The van der Waals surface area contributed by atoms with Crippen molar-refractivity contribution in [2.45, 2.75) is 13.8 Å². The number of amides is 2. The normalized spacial score (nSPS) is 11.0. The van der Waals surface area contributed by atoms with Gasteiger partial charge >= 0.3 is 17.8 Å². The van der Waals surface area contributed by atoms with Crippen molar-refractivity contribution in [2.75, 3.05) is 5.32 Å². The number of nitrogens with zero attached hydrogens (tertiary/aromatic N) is 1. The molecular weight excluding hydrogens is 465 g/mol. The first kappa shape index (κ1) is 24.0. The summed E-state index contributed by atoms with van der Waals surface area (Å²) in [6.07, 6.45) is 0. The van der Waals surface area contributed by atoms with Gasteiger partial charge in [0, 0.05) is 5.02 Å². The van der Waals surface area contributed by atoms with Crippen molar-refractivity contribution >= 4 is 52.4 Å². The van der Waals surface area contributed by atoms with Crippen molar-refractivity contribution in [1.82, 2.24) is 5.43 Å². The van der Waals surface area contributed by atoms with Crippen LogP contribution in [-0.4, -0.2) is 23.5 Å². The van der Waals surface area contributed by atoms with Crippen LogP contribution >= 0.6 is 23.2 Å². The molecular formula is C24H19Cl2N3O4. The molecule has 0 aliphatic heterocycles. The number of benzene rings is 3. The first-order valence-electron chi connectivity index (χ1n) is 9.73. The third-order valence-corrected chi connectivity index (χ3v) is 5.01. The number of ether oxygens (including phenoxy) is 1. The van der Waals surface area contributed by atoms with Crippen LogP contribution in [0, 0.1) is 6.92 Å². The van der Waals surface area contributed by atoms with E-state index in [1.54, 1.807) is 55.5 Å². The van der Waals surface area contributed by atoms with Gasteiger partial charge in [-0.1, -0.05) is 40.9 Å². The van der Waals surface area contributed by atoms with Crippen molar-refractivity contribution in [3.63, 3.8) is 0 Å². The highest BCUT2D eigenvalue weighted by atomic mass is 35.5. The molecule has 0 saturated carbocycles. The monoisotopic (exact) mass is 483 g/mol. The number of carbonyl (C=O) groups is 3. The summed E-state index contributed by atoms with van der Waals surface area (Å²) in [5.41, 5.74) is 4.90. The second kappa shape index (κ2) is 10.8. The Kier molecular flexibility index (Phi) is 7.82. The Morgan fingerprint density at radius 1 is 0.879 bits per heavy atom. The second-order valence-corrected chi connectivity index (χ2v) is 7.84. The lowest BCUT2D eigenvalue weighted by Gasteiger charge is -2.08. The molecule has 2 N–H and O–H groups in total. The molecule has 3 aromatic rings. The average molecular weight is 484 g/mol. The Hall–Kier alpha value is -3.68. The quantitative estimate of drug-likeness (QED) is 0.175. The predicted molar refractivity (Wildman–Crippen MR) is 128 cm³/mol. The van der Waals surface area contributed by atoms with E-state index in [0.717, 1.165) is 5.56 Å². The van der Waals surface area contributed by atoms with Crippen LogP contribution in [0.2, 0.25) is 10.0 Å². The lowest BCUT2D eigenvalue weighted by molar-refractivity contribution is -0.136. The minimum atomic E-state index is -0.978. The maximum absolute atomic E-state index is 12.3. The van der Waals surface area contributed by atoms with Gasteiger partial charge in [-0.3, -0.25) is 9.59 Å². The number of hydrogen-bond donors (Lipinski definition) is 2. The molecule has 9 heteroatoms. The number of nitrogens with one attached hydrogen (secondary N) is 2. The molecule has 0 spiro atoms. The summed E-state index contributed by atoms with van der Waals surface area (Å²) in [4.78, 5) is 36.4. The summed E-state index contributed by atoms with van der Waals surface area (Å²) in [6, 6.07) is 18.2. The Morgan fingerprint density at radius 3 is 2.30 bits per heavy atom. The molecule has 168 valence electrons. The number of halogens is 2. The fourth-order valence-electron chi connectivity index (χ4n) is 2.72. The summed E-state index contributed by atoms with van der Waals surface area (Å²) >= 11 is 11.8. The first-order valence-corrected chi connectivity index (χ1v) is 10.5. The maximum Gasteiger partial charge on any atom is 0.343 e. The largest absolute Gasteiger partial charge is 0.423 e. The number of hydrazone groups is 1. The summed E-state index contributed by atoms with van der Waals surface area (Å²) in [7, 11) is 0. The van der Waals surface area contributed by atoms with E-state index in [9.17, 15) is 14.4 Å². The Bertz CT molecular complexity index is 1240. The number of anilines is 1. The highest BCUT2D eigenvalue weighted by molar-refractivity contribution is 6.42. The molecule has 0 bridgehead atoms. The van der Waals surface area contributed by atoms with Crippen LogP contribution in [0.5, 0.6) is 5.75 Å². The van der Waals surface area contributed by atoms with Gasteiger partial charge in [0.25, 0.3) is 0 Å². The van der Waals surface area contributed by atoms with Crippen molar-refractivity contribution in [3.8, 4) is 5.75 Å². The number of hydrogen-bond acceptors (Lipinski definition) is 5. The lowest BCUT2D eigenvalue weighted by Crippen LogP contribution is -2.33. The minimum Gasteiger partial charge on any atom is -0.423 e. The Morgan fingerprint density at radius 2 is 1.61 bits per heavy atom. The fourth-order valence-corrected chi connectivity index (χ4v) is 3.06. The zero-order chi connectivity index (χ0) is 24.0. The lowest BCUT2D eigenvalue weighted by atomic mass is 10.1. The average Bonchev–Trinajstić information content (AvgIpc) is 2.80. The smallest absolute Gasteiger partial charge is 0.343 e. The highest BCUT2D eigenvalue weighted by Crippen LogP contribution is 2.25. The van der Waals surface area contributed by atoms with Gasteiger partial charge < -0.3 is 10.1 Å². The van der Waals surface area contributed by atoms with Crippen LogP contribution in [0.25, 0.3) is 0 Å². The molecule has 0 aliphatic rings. The van der Waals surface area contributed by atoms with E-state index >= 15 is 0 Å². The van der Waals surface area contributed by atoms with Crippen molar-refractivity contribution < 1.29 is 19.1 Å². The Labute approximate surface area is 200 Å². The van der Waals surface area contributed by atoms with E-state index in [1.165, 1.54) is 12.1 Å². The molecule has 0 unspecified atom stereocenters. The van der Waals surface area contributed by atoms with Gasteiger partial charge in [0.05, 0.1) is 22.0 Å². The van der Waals surface area contributed by atoms with Crippen molar-refractivity contribution in [1.29, 1.82) is 0 Å². The zero-order valence-electron chi connectivity index (χ0n) is 17.7. The molecule has 2 amide bonds. The zero-order valence-corrected chi connectivity index (χ0v) is 19.2. The summed E-state index contributed by atoms with van der Waals surface area (Å²) in [5.74, 6) is -2.03. The molecule has 0 fully saturated rings. The Balaban J connectivity index is 1.58. The van der Waals surface area contributed by atoms with Crippen LogP contribution in [-0.2, 0) is 9.59 Å². The molecule has 3 aromatic carbocycles. The van der Waals surface area contributed by atoms with Crippen molar-refractivity contribution in [3.05, 3.63) is 93.5 Å². The van der Waals surface area contributed by atoms with Crippen molar-refractivity contribution in [2.24, 2.45) is 5.10 Å². The van der Waals surface area contributed by atoms with E-state index < -0.39 is 17.8 Å². The van der Waals surface area contributed by atoms with Crippen LogP contribution < -0.4 is 15.5 Å². The number of carbonyl (C=O) groups excluding carboxylic acids is 3. The van der Waals surface area contributed by atoms with Gasteiger partial charge in [-0.15, -0.1) is 0 Å². The first-order chi connectivity index (χ1) is 15.7. The third-order valence-electron chi connectivity index (χ3n) is 4.44. The minimum absolute atomic E-state index is 0.209. The molecule has 3 rings (SSSR count). The van der Waals surface area contributed by atoms with Gasteiger partial charge in [-0.05, 0) is 74.0 Å². The van der Waals surface area contributed by atoms with Gasteiger partial charge in [-0.25, -0.2) is 10.2 Å². The maximum atomic E-state index is 12.3. The predicted octanol–water partition coefficient (Wildman–Crippen LogP) is 5.00. The number of aryl methyl sites for hydroxylation is 1. The summed E-state index contributed by atoms with van der Waals surface area (Å²) in [6.45, 7) is 3.54. The number of esters is 1. The molecule has 7 nitrogen and oxygen atoms in total. The third kappa shape index (κ3) is 6.65. The molecule has 33 heavy (non-hydrogen) atoms. The molecule has 0 saturated heterocycles. The summed E-state index contributed by atoms with van der Waals surface area (Å²) < 4.78 is 5.37. The van der Waals surface area contributed by atoms with E-state index in [-0.39, 0.29) is 10.7 Å². The van der Waals surface area contributed by atoms with Gasteiger partial charge in [0.2, 0.25) is 0 Å². The molecule has 0 aliphatic carbocycles. The molecule has 0 heterocycles. The van der Waals surface area contributed by atoms with Gasteiger partial charge in [-0.2, -0.15) is 5.10 Å². The summed E-state index contributed by atoms with van der Waals surface area (Å²) in [5, 5.41) is 6.90. The SMILES string of the molecule is C/C(=N\NC(=O)C(=O)Nc1cc(Cl)ccc1Cl)c1ccc(OC(=O)c2cccc(C)c2)cc1. The highest BCUT2D eigenvalue weighted by Gasteiger charge is 2.15. The van der Waals surface area contributed by atoms with Crippen LogP contribution in [0.3, 0.4) is 0 Å². The second-order valence-electron chi connectivity index (χ2n) is 7.00. The molecule has 0 aromatic heterocycles. The molecule has 0 radical (unpaired) electrons. The van der Waals surface area contributed by atoms with Crippen LogP contribution in [0.1, 0.15) is 28.4 Å². The van der Waals surface area contributed by atoms with E-state index in [4.69, 9.17) is 27.9 Å². The fraction of sp³-hybridized carbons (Fsp3) is 0.0833. The van der Waals surface area contributed by atoms with Crippen LogP contribution in [0.4, 0.5) is 5.69 Å². The van der Waals surface area contributed by atoms with Gasteiger partial charge in [0.1, 0.15) is 5.75 Å². The number of rotatable bonds is 5. The van der Waals surface area contributed by atoms with E-state index in [1.807, 2.05) is 13.0 Å².